The standard InChI is InChI=1S/C29H30FNO5/c1-29(17-22-5-3-4-6-25(22)30)18-23-15-21(9-12-26(23)36-29)16-27(32)31(19-28(33)34)14-13-20-7-10-24(35-2)11-8-20/h3-12,15H,13-14,16-19H2,1-2H3,(H,33,34). The minimum absolute atomic E-state index is 0.0905. The van der Waals surface area contributed by atoms with E-state index in [-0.39, 0.29) is 24.7 Å². The molecule has 1 heterocycles. The zero-order chi connectivity index (χ0) is 25.7. The molecule has 0 spiro atoms. The van der Waals surface area contributed by atoms with E-state index in [1.54, 1.807) is 19.2 Å². The Bertz CT molecular complexity index is 1240. The van der Waals surface area contributed by atoms with Gasteiger partial charge >= 0.3 is 5.97 Å². The van der Waals surface area contributed by atoms with Crippen LogP contribution in [-0.2, 0) is 35.3 Å². The number of fused-ring (bicyclic) bond motifs is 1. The van der Waals surface area contributed by atoms with Crippen LogP contribution in [0.2, 0.25) is 0 Å². The number of carboxylic acid groups (broad SMARTS) is 1. The second-order valence-corrected chi connectivity index (χ2v) is 9.42. The first-order valence-corrected chi connectivity index (χ1v) is 11.9. The summed E-state index contributed by atoms with van der Waals surface area (Å²) in [6.45, 7) is 1.90. The average Bonchev–Trinajstić information content (AvgIpc) is 3.18. The van der Waals surface area contributed by atoms with Gasteiger partial charge in [-0.25, -0.2) is 4.39 Å². The highest BCUT2D eigenvalue weighted by atomic mass is 19.1. The van der Waals surface area contributed by atoms with Crippen molar-refractivity contribution in [3.05, 3.63) is 94.8 Å². The number of rotatable bonds is 10. The van der Waals surface area contributed by atoms with Gasteiger partial charge in [-0.05, 0) is 59.9 Å². The second kappa shape index (κ2) is 10.8. The molecular formula is C29H30FNO5. The minimum atomic E-state index is -1.05. The first kappa shape index (κ1) is 25.2. The molecule has 0 saturated carbocycles. The molecule has 0 aliphatic carbocycles. The molecule has 1 unspecified atom stereocenters. The molecule has 0 aromatic heterocycles. The Morgan fingerprint density at radius 3 is 2.50 bits per heavy atom. The molecule has 1 amide bonds. The number of carbonyl (C=O) groups excluding carboxylic acids is 1. The van der Waals surface area contributed by atoms with E-state index in [1.807, 2.05) is 55.5 Å². The Kier molecular flexibility index (Phi) is 7.58. The SMILES string of the molecule is COc1ccc(CCN(CC(=O)O)C(=O)Cc2ccc3c(c2)CC(C)(Cc2ccccc2F)O3)cc1. The molecule has 1 aliphatic rings. The molecular weight excluding hydrogens is 461 g/mol. The van der Waals surface area contributed by atoms with Gasteiger partial charge in [0.15, 0.2) is 0 Å². The molecule has 0 fully saturated rings. The maximum Gasteiger partial charge on any atom is 0.323 e. The predicted molar refractivity (Wildman–Crippen MR) is 134 cm³/mol. The van der Waals surface area contributed by atoms with Crippen LogP contribution in [0.25, 0.3) is 0 Å². The highest BCUT2D eigenvalue weighted by Gasteiger charge is 2.35. The quantitative estimate of drug-likeness (QED) is 0.453. The van der Waals surface area contributed by atoms with Gasteiger partial charge in [-0.2, -0.15) is 0 Å². The number of methoxy groups -OCH3 is 1. The fourth-order valence-corrected chi connectivity index (χ4v) is 4.63. The van der Waals surface area contributed by atoms with Crippen molar-refractivity contribution in [2.24, 2.45) is 0 Å². The molecule has 4 rings (SSSR count). The van der Waals surface area contributed by atoms with E-state index in [0.29, 0.717) is 31.4 Å². The highest BCUT2D eigenvalue weighted by molar-refractivity contribution is 5.83. The fourth-order valence-electron chi connectivity index (χ4n) is 4.63. The lowest BCUT2D eigenvalue weighted by Crippen LogP contribution is -2.38. The van der Waals surface area contributed by atoms with Crippen LogP contribution in [0.5, 0.6) is 11.5 Å². The first-order chi connectivity index (χ1) is 17.2. The summed E-state index contributed by atoms with van der Waals surface area (Å²) in [5, 5.41) is 9.34. The second-order valence-electron chi connectivity index (χ2n) is 9.42. The smallest absolute Gasteiger partial charge is 0.323 e. The number of aliphatic carboxylic acids is 1. The first-order valence-electron chi connectivity index (χ1n) is 11.9. The largest absolute Gasteiger partial charge is 0.497 e. The summed E-state index contributed by atoms with van der Waals surface area (Å²) in [4.78, 5) is 25.8. The van der Waals surface area contributed by atoms with Crippen LogP contribution >= 0.6 is 0 Å². The van der Waals surface area contributed by atoms with Gasteiger partial charge in [0.05, 0.1) is 13.5 Å². The zero-order valence-corrected chi connectivity index (χ0v) is 20.5. The number of carboxylic acids is 1. The van der Waals surface area contributed by atoms with Crippen molar-refractivity contribution in [2.45, 2.75) is 38.2 Å². The zero-order valence-electron chi connectivity index (χ0n) is 20.5. The maximum atomic E-state index is 14.2. The summed E-state index contributed by atoms with van der Waals surface area (Å²) in [7, 11) is 1.59. The van der Waals surface area contributed by atoms with Crippen molar-refractivity contribution >= 4 is 11.9 Å². The Morgan fingerprint density at radius 1 is 1.08 bits per heavy atom. The normalized spacial score (nSPS) is 16.2. The fraction of sp³-hybridized carbons (Fsp3) is 0.310. The van der Waals surface area contributed by atoms with E-state index in [4.69, 9.17) is 9.47 Å². The molecule has 0 saturated heterocycles. The van der Waals surface area contributed by atoms with Gasteiger partial charge in [0, 0.05) is 19.4 Å². The topological polar surface area (TPSA) is 76.1 Å². The van der Waals surface area contributed by atoms with Crippen molar-refractivity contribution in [3.63, 3.8) is 0 Å². The van der Waals surface area contributed by atoms with Crippen LogP contribution in [0.4, 0.5) is 4.39 Å². The summed E-state index contributed by atoms with van der Waals surface area (Å²) >= 11 is 0. The number of hydrogen-bond acceptors (Lipinski definition) is 4. The summed E-state index contributed by atoms with van der Waals surface area (Å²) in [5.41, 5.74) is 2.76. The number of halogens is 1. The van der Waals surface area contributed by atoms with Crippen molar-refractivity contribution in [2.75, 3.05) is 20.2 Å². The summed E-state index contributed by atoms with van der Waals surface area (Å²) in [5.74, 6) is -0.0873. The Morgan fingerprint density at radius 2 is 1.81 bits per heavy atom. The van der Waals surface area contributed by atoms with E-state index in [9.17, 15) is 19.1 Å². The van der Waals surface area contributed by atoms with Crippen LogP contribution in [0.15, 0.2) is 66.7 Å². The Labute approximate surface area is 210 Å². The van der Waals surface area contributed by atoms with E-state index in [0.717, 1.165) is 28.2 Å². The van der Waals surface area contributed by atoms with Crippen LogP contribution in [0.1, 0.15) is 29.2 Å². The number of amides is 1. The van der Waals surface area contributed by atoms with Crippen LogP contribution in [-0.4, -0.2) is 47.7 Å². The molecule has 7 heteroatoms. The summed E-state index contributed by atoms with van der Waals surface area (Å²) in [6.07, 6.45) is 1.65. The maximum absolute atomic E-state index is 14.2. The van der Waals surface area contributed by atoms with Gasteiger partial charge in [-0.1, -0.05) is 42.5 Å². The van der Waals surface area contributed by atoms with E-state index in [2.05, 4.69) is 0 Å². The van der Waals surface area contributed by atoms with Crippen molar-refractivity contribution in [3.8, 4) is 11.5 Å². The van der Waals surface area contributed by atoms with Crippen LogP contribution < -0.4 is 9.47 Å². The number of ether oxygens (including phenoxy) is 2. The van der Waals surface area contributed by atoms with Gasteiger partial charge in [-0.3, -0.25) is 9.59 Å². The third-order valence-electron chi connectivity index (χ3n) is 6.43. The molecule has 1 N–H and O–H groups in total. The van der Waals surface area contributed by atoms with Crippen molar-refractivity contribution < 1.29 is 28.6 Å². The number of nitrogens with zero attached hydrogens (tertiary/aromatic N) is 1. The Hall–Kier alpha value is -3.87. The van der Waals surface area contributed by atoms with E-state index < -0.39 is 11.6 Å². The highest BCUT2D eigenvalue weighted by Crippen LogP contribution is 2.38. The van der Waals surface area contributed by atoms with Gasteiger partial charge < -0.3 is 19.5 Å². The van der Waals surface area contributed by atoms with E-state index in [1.165, 1.54) is 11.0 Å². The van der Waals surface area contributed by atoms with Crippen LogP contribution in [0.3, 0.4) is 0 Å². The number of carbonyl (C=O) groups is 2. The Balaban J connectivity index is 1.41. The predicted octanol–water partition coefficient (Wildman–Crippen LogP) is 4.47. The lowest BCUT2D eigenvalue weighted by Gasteiger charge is -2.24. The molecule has 6 nitrogen and oxygen atoms in total. The molecule has 0 bridgehead atoms. The molecule has 36 heavy (non-hydrogen) atoms. The lowest BCUT2D eigenvalue weighted by atomic mass is 9.91. The van der Waals surface area contributed by atoms with Crippen LogP contribution in [0, 0.1) is 5.82 Å². The number of benzene rings is 3. The molecule has 3 aromatic rings. The van der Waals surface area contributed by atoms with Gasteiger partial charge in [0.1, 0.15) is 29.5 Å². The van der Waals surface area contributed by atoms with E-state index >= 15 is 0 Å². The molecule has 188 valence electrons. The average molecular weight is 492 g/mol. The minimum Gasteiger partial charge on any atom is -0.497 e. The van der Waals surface area contributed by atoms with Gasteiger partial charge in [0.2, 0.25) is 5.91 Å². The van der Waals surface area contributed by atoms with Crippen molar-refractivity contribution in [1.29, 1.82) is 0 Å². The van der Waals surface area contributed by atoms with Gasteiger partial charge in [-0.15, -0.1) is 0 Å². The molecule has 1 aliphatic heterocycles. The third-order valence-corrected chi connectivity index (χ3v) is 6.43. The summed E-state index contributed by atoms with van der Waals surface area (Å²) in [6, 6.07) is 19.8. The van der Waals surface area contributed by atoms with Gasteiger partial charge in [0.25, 0.3) is 0 Å². The molecule has 3 aromatic carbocycles. The monoisotopic (exact) mass is 491 g/mol. The summed E-state index contributed by atoms with van der Waals surface area (Å²) < 4.78 is 25.5. The molecule has 0 radical (unpaired) electrons. The third kappa shape index (κ3) is 6.22. The number of hydrogen-bond donors (Lipinski definition) is 1. The molecule has 1 atom stereocenters. The van der Waals surface area contributed by atoms with Crippen molar-refractivity contribution in [1.82, 2.24) is 4.90 Å². The lowest BCUT2D eigenvalue weighted by molar-refractivity contribution is -0.144.